The normalized spacial score (nSPS) is 11.1. The van der Waals surface area contributed by atoms with Crippen molar-refractivity contribution in [2.75, 3.05) is 18.0 Å². The van der Waals surface area contributed by atoms with Gasteiger partial charge in [-0.25, -0.2) is 4.98 Å². The molecule has 1 aromatic heterocycles. The third kappa shape index (κ3) is 5.45. The lowest BCUT2D eigenvalue weighted by Gasteiger charge is -2.27. The summed E-state index contributed by atoms with van der Waals surface area (Å²) < 4.78 is 0. The van der Waals surface area contributed by atoms with E-state index in [1.54, 1.807) is 0 Å². The van der Waals surface area contributed by atoms with Gasteiger partial charge in [-0.2, -0.15) is 0 Å². The molecule has 0 aliphatic carbocycles. The van der Waals surface area contributed by atoms with E-state index in [1.165, 1.54) is 0 Å². The predicted octanol–water partition coefficient (Wildman–Crippen LogP) is 3.61. The molecule has 0 radical (unpaired) electrons. The third-order valence-electron chi connectivity index (χ3n) is 3.30. The highest BCUT2D eigenvalue weighted by molar-refractivity contribution is 7.80. The molecule has 0 aromatic carbocycles. The summed E-state index contributed by atoms with van der Waals surface area (Å²) in [5, 5.41) is 0. The number of anilines is 1. The molecular formula is C16H27N3S. The molecule has 0 saturated heterocycles. The maximum atomic E-state index is 5.83. The fourth-order valence-electron chi connectivity index (χ4n) is 1.99. The van der Waals surface area contributed by atoms with Crippen molar-refractivity contribution < 1.29 is 0 Å². The second-order valence-electron chi connectivity index (χ2n) is 6.09. The van der Waals surface area contributed by atoms with E-state index in [4.69, 9.17) is 18.0 Å². The van der Waals surface area contributed by atoms with Gasteiger partial charge >= 0.3 is 0 Å². The number of hydrogen-bond acceptors (Lipinski definition) is 3. The van der Waals surface area contributed by atoms with Crippen LogP contribution in [0, 0.1) is 11.8 Å². The van der Waals surface area contributed by atoms with Gasteiger partial charge in [0.25, 0.3) is 0 Å². The van der Waals surface area contributed by atoms with Crippen LogP contribution in [-0.2, 0) is 0 Å². The van der Waals surface area contributed by atoms with Crippen molar-refractivity contribution in [1.29, 1.82) is 0 Å². The number of pyridine rings is 1. The number of nitrogens with two attached hydrogens (primary N) is 1. The van der Waals surface area contributed by atoms with Crippen LogP contribution >= 0.6 is 12.2 Å². The van der Waals surface area contributed by atoms with Crippen molar-refractivity contribution in [3.8, 4) is 0 Å². The third-order valence-corrected chi connectivity index (χ3v) is 3.52. The summed E-state index contributed by atoms with van der Waals surface area (Å²) in [4.78, 5) is 7.27. The predicted molar refractivity (Wildman–Crippen MR) is 91.2 cm³/mol. The number of nitrogens with zero attached hydrogens (tertiary/aromatic N) is 2. The average molecular weight is 293 g/mol. The molecule has 0 bridgehead atoms. The lowest BCUT2D eigenvalue weighted by molar-refractivity contribution is 0.533. The quantitative estimate of drug-likeness (QED) is 0.743. The molecular weight excluding hydrogens is 266 g/mol. The van der Waals surface area contributed by atoms with Gasteiger partial charge in [0, 0.05) is 19.3 Å². The molecule has 112 valence electrons. The number of hydrogen-bond donors (Lipinski definition) is 1. The minimum atomic E-state index is 0.423. The second kappa shape index (κ2) is 8.20. The van der Waals surface area contributed by atoms with Crippen molar-refractivity contribution in [1.82, 2.24) is 4.98 Å². The summed E-state index contributed by atoms with van der Waals surface area (Å²) in [6.07, 6.45) is 4.10. The van der Waals surface area contributed by atoms with Gasteiger partial charge in [0.05, 0.1) is 5.56 Å². The van der Waals surface area contributed by atoms with Gasteiger partial charge in [-0.05, 0) is 36.8 Å². The Hall–Kier alpha value is -1.16. The topological polar surface area (TPSA) is 42.2 Å². The Morgan fingerprint density at radius 2 is 1.75 bits per heavy atom. The Morgan fingerprint density at radius 1 is 1.20 bits per heavy atom. The number of rotatable bonds is 8. The van der Waals surface area contributed by atoms with E-state index >= 15 is 0 Å². The Kier molecular flexibility index (Phi) is 6.93. The van der Waals surface area contributed by atoms with E-state index in [-0.39, 0.29) is 0 Å². The van der Waals surface area contributed by atoms with E-state index in [9.17, 15) is 0 Å². The standard InChI is InChI=1S/C16H27N3S/c1-12(2)7-10-19(11-8-13(3)4)16-14(15(17)20)6-5-9-18-16/h5-6,9,12-13H,7-8,10-11H2,1-4H3,(H2,17,20). The highest BCUT2D eigenvalue weighted by Crippen LogP contribution is 2.19. The van der Waals surface area contributed by atoms with Crippen LogP contribution in [0.15, 0.2) is 18.3 Å². The van der Waals surface area contributed by atoms with E-state index in [2.05, 4.69) is 37.6 Å². The number of thiocarbonyl (C=S) groups is 1. The number of aromatic nitrogens is 1. The smallest absolute Gasteiger partial charge is 0.138 e. The minimum absolute atomic E-state index is 0.423. The van der Waals surface area contributed by atoms with E-state index in [0.717, 1.165) is 37.3 Å². The van der Waals surface area contributed by atoms with E-state index in [0.29, 0.717) is 16.8 Å². The van der Waals surface area contributed by atoms with Crippen LogP contribution in [0.3, 0.4) is 0 Å². The zero-order valence-electron chi connectivity index (χ0n) is 13.1. The molecule has 20 heavy (non-hydrogen) atoms. The van der Waals surface area contributed by atoms with Crippen LogP contribution in [0.4, 0.5) is 5.82 Å². The zero-order chi connectivity index (χ0) is 15.1. The first-order chi connectivity index (χ1) is 9.41. The fourth-order valence-corrected chi connectivity index (χ4v) is 2.15. The summed E-state index contributed by atoms with van der Waals surface area (Å²) in [5.41, 5.74) is 6.71. The van der Waals surface area contributed by atoms with Gasteiger partial charge in [0.2, 0.25) is 0 Å². The Bertz CT molecular complexity index is 417. The maximum absolute atomic E-state index is 5.83. The summed E-state index contributed by atoms with van der Waals surface area (Å²) in [7, 11) is 0. The van der Waals surface area contributed by atoms with Crippen molar-refractivity contribution in [3.05, 3.63) is 23.9 Å². The summed E-state index contributed by atoms with van der Waals surface area (Å²) in [5.74, 6) is 2.28. The molecule has 0 atom stereocenters. The molecule has 0 amide bonds. The van der Waals surface area contributed by atoms with Crippen LogP contribution < -0.4 is 10.6 Å². The lowest BCUT2D eigenvalue weighted by atomic mass is 10.1. The van der Waals surface area contributed by atoms with Crippen LogP contribution in [0.25, 0.3) is 0 Å². The molecule has 0 saturated carbocycles. The molecule has 0 spiro atoms. The Labute approximate surface area is 128 Å². The molecule has 1 aromatic rings. The average Bonchev–Trinajstić information content (AvgIpc) is 2.38. The zero-order valence-corrected chi connectivity index (χ0v) is 13.9. The first kappa shape index (κ1) is 16.9. The molecule has 0 aliphatic rings. The molecule has 0 aliphatic heterocycles. The van der Waals surface area contributed by atoms with Crippen LogP contribution in [0.5, 0.6) is 0 Å². The van der Waals surface area contributed by atoms with Crippen LogP contribution in [0.2, 0.25) is 0 Å². The van der Waals surface area contributed by atoms with Crippen LogP contribution in [-0.4, -0.2) is 23.1 Å². The Balaban J connectivity index is 2.93. The first-order valence-corrected chi connectivity index (χ1v) is 7.82. The first-order valence-electron chi connectivity index (χ1n) is 7.41. The maximum Gasteiger partial charge on any atom is 0.138 e. The van der Waals surface area contributed by atoms with E-state index < -0.39 is 0 Å². The van der Waals surface area contributed by atoms with Gasteiger partial charge in [0.1, 0.15) is 10.8 Å². The summed E-state index contributed by atoms with van der Waals surface area (Å²) in [6, 6.07) is 3.85. The molecule has 1 heterocycles. The van der Waals surface area contributed by atoms with Crippen molar-refractivity contribution in [2.24, 2.45) is 17.6 Å². The fraction of sp³-hybridized carbons (Fsp3) is 0.625. The van der Waals surface area contributed by atoms with Crippen molar-refractivity contribution >= 4 is 23.0 Å². The second-order valence-corrected chi connectivity index (χ2v) is 6.53. The van der Waals surface area contributed by atoms with Gasteiger partial charge in [-0.15, -0.1) is 0 Å². The van der Waals surface area contributed by atoms with Crippen LogP contribution in [0.1, 0.15) is 46.1 Å². The SMILES string of the molecule is CC(C)CCN(CCC(C)C)c1ncccc1C(N)=S. The molecule has 3 nitrogen and oxygen atoms in total. The van der Waals surface area contributed by atoms with Gasteiger partial charge in [-0.3, -0.25) is 0 Å². The molecule has 0 fully saturated rings. The lowest BCUT2D eigenvalue weighted by Crippen LogP contribution is -2.30. The molecule has 0 unspecified atom stereocenters. The van der Waals surface area contributed by atoms with Gasteiger partial charge < -0.3 is 10.6 Å². The highest BCUT2D eigenvalue weighted by Gasteiger charge is 2.15. The van der Waals surface area contributed by atoms with Gasteiger partial charge in [0.15, 0.2) is 0 Å². The molecule has 2 N–H and O–H groups in total. The minimum Gasteiger partial charge on any atom is -0.389 e. The largest absolute Gasteiger partial charge is 0.389 e. The van der Waals surface area contributed by atoms with Crippen molar-refractivity contribution in [2.45, 2.75) is 40.5 Å². The highest BCUT2D eigenvalue weighted by atomic mass is 32.1. The monoisotopic (exact) mass is 293 g/mol. The molecule has 4 heteroatoms. The van der Waals surface area contributed by atoms with Crippen molar-refractivity contribution in [3.63, 3.8) is 0 Å². The Morgan fingerprint density at radius 3 is 2.20 bits per heavy atom. The molecule has 1 rings (SSSR count). The van der Waals surface area contributed by atoms with Gasteiger partial charge in [-0.1, -0.05) is 39.9 Å². The van der Waals surface area contributed by atoms with E-state index in [1.807, 2.05) is 18.3 Å². The summed E-state index contributed by atoms with van der Waals surface area (Å²) >= 11 is 5.15. The summed E-state index contributed by atoms with van der Waals surface area (Å²) in [6.45, 7) is 11.0.